The Morgan fingerprint density at radius 2 is 1.84 bits per heavy atom. The van der Waals surface area contributed by atoms with Crippen LogP contribution in [0.5, 0.6) is 17.2 Å². The standard InChI is InChI=1S/C19H20ClNO4/c1-23-17-9-12-3-8-16(15(12)10-18(17)24-2)21-19(22)11-25-14-6-4-13(20)5-7-14/h4-7,9-10,16H,3,8,11H2,1-2H3,(H,21,22). The molecular formula is C19H20ClNO4. The summed E-state index contributed by atoms with van der Waals surface area (Å²) in [6.07, 6.45) is 1.73. The third kappa shape index (κ3) is 3.99. The largest absolute Gasteiger partial charge is 0.493 e. The van der Waals surface area contributed by atoms with Crippen LogP contribution in [0.25, 0.3) is 0 Å². The number of methoxy groups -OCH3 is 2. The number of carbonyl (C=O) groups excluding carboxylic acids is 1. The minimum Gasteiger partial charge on any atom is -0.493 e. The van der Waals surface area contributed by atoms with Crippen molar-refractivity contribution in [2.24, 2.45) is 0 Å². The van der Waals surface area contributed by atoms with Gasteiger partial charge in [-0.15, -0.1) is 0 Å². The second-order valence-electron chi connectivity index (χ2n) is 5.81. The first-order valence-corrected chi connectivity index (χ1v) is 8.41. The van der Waals surface area contributed by atoms with E-state index in [1.165, 1.54) is 5.56 Å². The molecule has 0 heterocycles. The van der Waals surface area contributed by atoms with Crippen molar-refractivity contribution in [2.75, 3.05) is 20.8 Å². The lowest BCUT2D eigenvalue weighted by Crippen LogP contribution is -2.31. The zero-order chi connectivity index (χ0) is 17.8. The van der Waals surface area contributed by atoms with Crippen molar-refractivity contribution in [1.82, 2.24) is 5.32 Å². The number of carbonyl (C=O) groups is 1. The van der Waals surface area contributed by atoms with Crippen molar-refractivity contribution in [3.63, 3.8) is 0 Å². The number of rotatable bonds is 6. The summed E-state index contributed by atoms with van der Waals surface area (Å²) < 4.78 is 16.2. The maximum absolute atomic E-state index is 12.2. The lowest BCUT2D eigenvalue weighted by atomic mass is 10.1. The Bertz CT molecular complexity index is 761. The Labute approximate surface area is 151 Å². The third-order valence-electron chi connectivity index (χ3n) is 4.24. The molecule has 0 bridgehead atoms. The molecule has 2 aromatic carbocycles. The normalized spacial score (nSPS) is 15.4. The molecule has 1 amide bonds. The van der Waals surface area contributed by atoms with Crippen molar-refractivity contribution in [3.05, 3.63) is 52.5 Å². The minimum atomic E-state index is -0.164. The zero-order valence-electron chi connectivity index (χ0n) is 14.2. The molecule has 0 saturated carbocycles. The lowest BCUT2D eigenvalue weighted by Gasteiger charge is -2.16. The van der Waals surface area contributed by atoms with E-state index in [2.05, 4.69) is 5.32 Å². The summed E-state index contributed by atoms with van der Waals surface area (Å²) in [5, 5.41) is 3.65. The van der Waals surface area contributed by atoms with Crippen LogP contribution in [0.1, 0.15) is 23.6 Å². The van der Waals surface area contributed by atoms with E-state index in [1.54, 1.807) is 38.5 Å². The van der Waals surface area contributed by atoms with Crippen LogP contribution < -0.4 is 19.5 Å². The highest BCUT2D eigenvalue weighted by Gasteiger charge is 2.26. The number of fused-ring (bicyclic) bond motifs is 1. The van der Waals surface area contributed by atoms with Gasteiger partial charge in [0, 0.05) is 5.02 Å². The summed E-state index contributed by atoms with van der Waals surface area (Å²) in [7, 11) is 3.22. The first-order valence-electron chi connectivity index (χ1n) is 8.03. The summed E-state index contributed by atoms with van der Waals surface area (Å²) in [5.74, 6) is 1.82. The number of hydrogen-bond acceptors (Lipinski definition) is 4. The van der Waals surface area contributed by atoms with Crippen LogP contribution in [0.15, 0.2) is 36.4 Å². The average Bonchev–Trinajstić information content (AvgIpc) is 3.01. The number of halogens is 1. The Hall–Kier alpha value is -2.40. The molecular weight excluding hydrogens is 342 g/mol. The molecule has 1 N–H and O–H groups in total. The first kappa shape index (κ1) is 17.4. The summed E-state index contributed by atoms with van der Waals surface area (Å²) in [6.45, 7) is -0.0409. The molecule has 1 aliphatic carbocycles. The second kappa shape index (κ2) is 7.66. The van der Waals surface area contributed by atoms with E-state index in [4.69, 9.17) is 25.8 Å². The predicted octanol–water partition coefficient (Wildman–Crippen LogP) is 3.54. The molecule has 0 saturated heterocycles. The van der Waals surface area contributed by atoms with Gasteiger partial charge >= 0.3 is 0 Å². The highest BCUT2D eigenvalue weighted by atomic mass is 35.5. The molecule has 0 aromatic heterocycles. The number of aryl methyl sites for hydroxylation is 1. The Morgan fingerprint density at radius 3 is 2.52 bits per heavy atom. The fourth-order valence-corrected chi connectivity index (χ4v) is 3.12. The van der Waals surface area contributed by atoms with E-state index < -0.39 is 0 Å². The molecule has 1 aliphatic rings. The van der Waals surface area contributed by atoms with E-state index in [1.807, 2.05) is 12.1 Å². The molecule has 0 fully saturated rings. The van der Waals surface area contributed by atoms with Gasteiger partial charge in [0.2, 0.25) is 0 Å². The van der Waals surface area contributed by atoms with Gasteiger partial charge in [-0.2, -0.15) is 0 Å². The number of benzene rings is 2. The van der Waals surface area contributed by atoms with Crippen molar-refractivity contribution >= 4 is 17.5 Å². The fraction of sp³-hybridized carbons (Fsp3) is 0.316. The molecule has 0 radical (unpaired) electrons. The van der Waals surface area contributed by atoms with E-state index >= 15 is 0 Å². The van der Waals surface area contributed by atoms with Crippen LogP contribution in [0.4, 0.5) is 0 Å². The fourth-order valence-electron chi connectivity index (χ4n) is 3.00. The van der Waals surface area contributed by atoms with Crippen LogP contribution >= 0.6 is 11.6 Å². The maximum atomic E-state index is 12.2. The molecule has 2 aromatic rings. The van der Waals surface area contributed by atoms with Gasteiger partial charge in [-0.3, -0.25) is 4.79 Å². The zero-order valence-corrected chi connectivity index (χ0v) is 14.9. The average molecular weight is 362 g/mol. The smallest absolute Gasteiger partial charge is 0.258 e. The SMILES string of the molecule is COc1cc2c(cc1OC)C(NC(=O)COc1ccc(Cl)cc1)CC2. The van der Waals surface area contributed by atoms with Gasteiger partial charge in [0.25, 0.3) is 5.91 Å². The van der Waals surface area contributed by atoms with Crippen molar-refractivity contribution in [3.8, 4) is 17.2 Å². The molecule has 0 aliphatic heterocycles. The molecule has 3 rings (SSSR count). The quantitative estimate of drug-likeness (QED) is 0.855. The molecule has 1 atom stereocenters. The van der Waals surface area contributed by atoms with E-state index in [0.29, 0.717) is 22.3 Å². The molecule has 5 nitrogen and oxygen atoms in total. The number of hydrogen-bond donors (Lipinski definition) is 1. The van der Waals surface area contributed by atoms with Crippen molar-refractivity contribution in [1.29, 1.82) is 0 Å². The summed E-state index contributed by atoms with van der Waals surface area (Å²) in [4.78, 5) is 12.2. The number of ether oxygens (including phenoxy) is 3. The first-order chi connectivity index (χ1) is 12.1. The summed E-state index contributed by atoms with van der Waals surface area (Å²) in [5.41, 5.74) is 2.24. The summed E-state index contributed by atoms with van der Waals surface area (Å²) >= 11 is 5.83. The maximum Gasteiger partial charge on any atom is 0.258 e. The predicted molar refractivity (Wildman–Crippen MR) is 95.7 cm³/mol. The molecule has 1 unspecified atom stereocenters. The number of nitrogens with one attached hydrogen (secondary N) is 1. The van der Waals surface area contributed by atoms with Gasteiger partial charge in [0.1, 0.15) is 5.75 Å². The van der Waals surface area contributed by atoms with Crippen LogP contribution in [-0.2, 0) is 11.2 Å². The highest BCUT2D eigenvalue weighted by Crippen LogP contribution is 2.39. The van der Waals surface area contributed by atoms with Gasteiger partial charge in [-0.1, -0.05) is 11.6 Å². The Kier molecular flexibility index (Phi) is 5.34. The second-order valence-corrected chi connectivity index (χ2v) is 6.24. The molecule has 25 heavy (non-hydrogen) atoms. The topological polar surface area (TPSA) is 56.8 Å². The van der Waals surface area contributed by atoms with Gasteiger partial charge in [-0.25, -0.2) is 0 Å². The van der Waals surface area contributed by atoms with E-state index in [-0.39, 0.29) is 18.6 Å². The van der Waals surface area contributed by atoms with Crippen LogP contribution in [0, 0.1) is 0 Å². The van der Waals surface area contributed by atoms with E-state index in [0.717, 1.165) is 18.4 Å². The van der Waals surface area contributed by atoms with Gasteiger partial charge in [0.05, 0.1) is 20.3 Å². The summed E-state index contributed by atoms with van der Waals surface area (Å²) in [6, 6.07) is 10.8. The Morgan fingerprint density at radius 1 is 1.16 bits per heavy atom. The lowest BCUT2D eigenvalue weighted by molar-refractivity contribution is -0.123. The Balaban J connectivity index is 1.63. The molecule has 132 valence electrons. The highest BCUT2D eigenvalue weighted by molar-refractivity contribution is 6.30. The van der Waals surface area contributed by atoms with Crippen LogP contribution in [0.3, 0.4) is 0 Å². The van der Waals surface area contributed by atoms with Crippen molar-refractivity contribution in [2.45, 2.75) is 18.9 Å². The van der Waals surface area contributed by atoms with Gasteiger partial charge in [-0.05, 0) is 60.4 Å². The molecule has 6 heteroatoms. The van der Waals surface area contributed by atoms with Crippen LogP contribution in [0.2, 0.25) is 5.02 Å². The minimum absolute atomic E-state index is 0.0409. The van der Waals surface area contributed by atoms with Crippen molar-refractivity contribution < 1.29 is 19.0 Å². The van der Waals surface area contributed by atoms with E-state index in [9.17, 15) is 4.79 Å². The van der Waals surface area contributed by atoms with Gasteiger partial charge < -0.3 is 19.5 Å². The molecule has 0 spiro atoms. The third-order valence-corrected chi connectivity index (χ3v) is 4.49. The van der Waals surface area contributed by atoms with Crippen LogP contribution in [-0.4, -0.2) is 26.7 Å². The monoisotopic (exact) mass is 361 g/mol. The van der Waals surface area contributed by atoms with Gasteiger partial charge in [0.15, 0.2) is 18.1 Å². The number of amides is 1.